The third-order valence-corrected chi connectivity index (χ3v) is 7.30. The molecule has 3 heterocycles. The second-order valence-corrected chi connectivity index (χ2v) is 10.4. The van der Waals surface area contributed by atoms with Crippen LogP contribution in [0, 0.1) is 11.8 Å². The van der Waals surface area contributed by atoms with Crippen molar-refractivity contribution in [3.63, 3.8) is 0 Å². The minimum Gasteiger partial charge on any atom is -0.485 e. The van der Waals surface area contributed by atoms with Gasteiger partial charge in [-0.3, -0.25) is 9.59 Å². The van der Waals surface area contributed by atoms with Crippen molar-refractivity contribution in [2.45, 2.75) is 45.3 Å². The molecule has 3 atom stereocenters. The highest BCUT2D eigenvalue weighted by atomic mass is 35.5. The number of nitrogens with zero attached hydrogens (tertiary/aromatic N) is 5. The predicted octanol–water partition coefficient (Wildman–Crippen LogP) is 3.46. The van der Waals surface area contributed by atoms with Crippen molar-refractivity contribution < 1.29 is 14.3 Å². The zero-order valence-corrected chi connectivity index (χ0v) is 22.1. The number of nitrogens with one attached hydrogen (secondary N) is 1. The smallest absolute Gasteiger partial charge is 0.288 e. The number of carbonyl (C=O) groups is 2. The van der Waals surface area contributed by atoms with Gasteiger partial charge in [-0.1, -0.05) is 30.7 Å². The lowest BCUT2D eigenvalue weighted by Gasteiger charge is -2.37. The maximum Gasteiger partial charge on any atom is 0.288 e. The third-order valence-electron chi connectivity index (χ3n) is 7.02. The van der Waals surface area contributed by atoms with Crippen LogP contribution >= 0.6 is 11.6 Å². The number of hydrogen-bond donors (Lipinski definition) is 1. The van der Waals surface area contributed by atoms with E-state index in [1.165, 1.54) is 0 Å². The summed E-state index contributed by atoms with van der Waals surface area (Å²) >= 11 is 6.43. The Bertz CT molecular complexity index is 1070. The Morgan fingerprint density at radius 2 is 2.08 bits per heavy atom. The Balaban J connectivity index is 1.48. The fraction of sp³-hybridized carbons (Fsp3) is 0.538. The molecular weight excluding hydrogens is 480 g/mol. The molecule has 1 fully saturated rings. The summed E-state index contributed by atoms with van der Waals surface area (Å²) in [5.41, 5.74) is 0.842. The highest BCUT2D eigenvalue weighted by Crippen LogP contribution is 2.32. The van der Waals surface area contributed by atoms with Crippen molar-refractivity contribution in [3.05, 3.63) is 47.0 Å². The molecule has 1 aromatic heterocycles. The summed E-state index contributed by atoms with van der Waals surface area (Å²) in [5, 5.41) is 3.79. The second kappa shape index (κ2) is 11.3. The Hall–Kier alpha value is -3.07. The first-order valence-electron chi connectivity index (χ1n) is 12.5. The molecule has 2 amide bonds. The van der Waals surface area contributed by atoms with E-state index in [1.54, 1.807) is 30.1 Å². The van der Waals surface area contributed by atoms with Crippen LogP contribution in [0.5, 0.6) is 0 Å². The Morgan fingerprint density at radius 3 is 2.81 bits per heavy atom. The molecule has 9 nitrogen and oxygen atoms in total. The number of hydrogen-bond acceptors (Lipinski definition) is 7. The van der Waals surface area contributed by atoms with Gasteiger partial charge in [-0.25, -0.2) is 4.98 Å². The van der Waals surface area contributed by atoms with E-state index in [4.69, 9.17) is 21.3 Å². The van der Waals surface area contributed by atoms with E-state index in [0.29, 0.717) is 35.5 Å². The van der Waals surface area contributed by atoms with Crippen LogP contribution in [-0.2, 0) is 14.3 Å². The van der Waals surface area contributed by atoms with Gasteiger partial charge in [-0.15, -0.1) is 0 Å². The zero-order valence-electron chi connectivity index (χ0n) is 21.4. The molecule has 0 bridgehead atoms. The third kappa shape index (κ3) is 6.00. The van der Waals surface area contributed by atoms with Crippen molar-refractivity contribution in [1.82, 2.24) is 19.8 Å². The quantitative estimate of drug-likeness (QED) is 0.505. The molecule has 2 aliphatic heterocycles. The molecule has 1 saturated heterocycles. The number of fused-ring (bicyclic) bond motifs is 1. The fourth-order valence-electron chi connectivity index (χ4n) is 4.61. The molecule has 3 aliphatic rings. The maximum atomic E-state index is 12.9. The first-order chi connectivity index (χ1) is 17.2. The van der Waals surface area contributed by atoms with E-state index >= 15 is 0 Å². The Kier molecular flexibility index (Phi) is 8.18. The summed E-state index contributed by atoms with van der Waals surface area (Å²) in [6.45, 7) is 6.61. The fourth-order valence-corrected chi connectivity index (χ4v) is 4.75. The number of ether oxygens (including phenoxy) is 1. The standard InChI is InChI=1S/C26H35ClN6O3/c1-17-7-11-33(12-8-17)26-28-15-21(27)24(30-26)29-20-5-6-22-19(13-20)14-23(25(35)32(22)4)36-18(2)9-10-31(3)16-34/h5-6,13-19,22H,7-12H2,1-4H3,(H,28,29,30). The van der Waals surface area contributed by atoms with Gasteiger partial charge >= 0.3 is 0 Å². The number of allylic oxidation sites excluding steroid dienone is 1. The maximum absolute atomic E-state index is 12.9. The molecule has 4 rings (SSSR count). The SMILES string of the molecule is CC1CCN(c2ncc(Cl)c(NC3=CC4C=C(OC(C)CCN(C)C=O)C(=O)N(C)C4C=C3)n2)CC1. The van der Waals surface area contributed by atoms with Gasteiger partial charge in [0.1, 0.15) is 5.02 Å². The number of carbonyl (C=O) groups excluding carboxylic acids is 2. The monoisotopic (exact) mass is 514 g/mol. The highest BCUT2D eigenvalue weighted by molar-refractivity contribution is 6.32. The lowest BCUT2D eigenvalue weighted by molar-refractivity contribution is -0.133. The summed E-state index contributed by atoms with van der Waals surface area (Å²) < 4.78 is 5.99. The normalized spacial score (nSPS) is 23.0. The van der Waals surface area contributed by atoms with Crippen LogP contribution in [0.25, 0.3) is 0 Å². The van der Waals surface area contributed by atoms with Crippen molar-refractivity contribution in [2.24, 2.45) is 11.8 Å². The average Bonchev–Trinajstić information content (AvgIpc) is 2.87. The minimum absolute atomic E-state index is 0.0660. The summed E-state index contributed by atoms with van der Waals surface area (Å²) in [7, 11) is 3.50. The van der Waals surface area contributed by atoms with Crippen LogP contribution in [0.1, 0.15) is 33.1 Å². The first-order valence-corrected chi connectivity index (χ1v) is 12.9. The summed E-state index contributed by atoms with van der Waals surface area (Å²) in [6, 6.07) is -0.0984. The van der Waals surface area contributed by atoms with Crippen LogP contribution < -0.4 is 10.2 Å². The van der Waals surface area contributed by atoms with Crippen molar-refractivity contribution in [1.29, 1.82) is 0 Å². The van der Waals surface area contributed by atoms with Gasteiger partial charge < -0.3 is 24.8 Å². The van der Waals surface area contributed by atoms with Gasteiger partial charge in [0.25, 0.3) is 5.91 Å². The van der Waals surface area contributed by atoms with Crippen molar-refractivity contribution in [2.75, 3.05) is 43.9 Å². The summed E-state index contributed by atoms with van der Waals surface area (Å²) in [4.78, 5) is 38.3. The molecule has 194 valence electrons. The summed E-state index contributed by atoms with van der Waals surface area (Å²) in [5.74, 6) is 2.07. The number of anilines is 2. The number of halogens is 1. The first kappa shape index (κ1) is 26.0. The molecule has 10 heteroatoms. The lowest BCUT2D eigenvalue weighted by Crippen LogP contribution is -2.46. The van der Waals surface area contributed by atoms with Crippen LogP contribution in [0.2, 0.25) is 5.02 Å². The molecule has 1 aliphatic carbocycles. The van der Waals surface area contributed by atoms with Gasteiger partial charge in [0.15, 0.2) is 11.6 Å². The van der Waals surface area contributed by atoms with Gasteiger partial charge in [-0.2, -0.15) is 4.98 Å². The van der Waals surface area contributed by atoms with Crippen molar-refractivity contribution in [3.8, 4) is 0 Å². The van der Waals surface area contributed by atoms with Gasteiger partial charge in [-0.05, 0) is 37.8 Å². The van der Waals surface area contributed by atoms with E-state index < -0.39 is 0 Å². The topological polar surface area (TPSA) is 90.9 Å². The Morgan fingerprint density at radius 1 is 1.33 bits per heavy atom. The average molecular weight is 515 g/mol. The molecule has 0 saturated carbocycles. The predicted molar refractivity (Wildman–Crippen MR) is 140 cm³/mol. The summed E-state index contributed by atoms with van der Waals surface area (Å²) in [6.07, 6.45) is 13.0. The minimum atomic E-state index is -0.204. The van der Waals surface area contributed by atoms with Gasteiger partial charge in [0, 0.05) is 51.8 Å². The van der Waals surface area contributed by atoms with Crippen LogP contribution in [0.4, 0.5) is 11.8 Å². The van der Waals surface area contributed by atoms with E-state index in [-0.39, 0.29) is 24.0 Å². The van der Waals surface area contributed by atoms with Crippen LogP contribution in [0.3, 0.4) is 0 Å². The molecule has 0 radical (unpaired) electrons. The molecular formula is C26H35ClN6O3. The molecule has 36 heavy (non-hydrogen) atoms. The second-order valence-electron chi connectivity index (χ2n) is 9.96. The number of aromatic nitrogens is 2. The van der Waals surface area contributed by atoms with E-state index in [1.807, 2.05) is 25.2 Å². The molecule has 0 spiro atoms. The number of rotatable bonds is 9. The molecule has 1 aromatic rings. The Labute approximate surface area is 217 Å². The molecule has 1 N–H and O–H groups in total. The van der Waals surface area contributed by atoms with Crippen LogP contribution in [-0.4, -0.2) is 78.0 Å². The molecule has 3 unspecified atom stereocenters. The van der Waals surface area contributed by atoms with E-state index in [9.17, 15) is 9.59 Å². The van der Waals surface area contributed by atoms with E-state index in [0.717, 1.165) is 44.0 Å². The van der Waals surface area contributed by atoms with Gasteiger partial charge in [0.2, 0.25) is 12.4 Å². The van der Waals surface area contributed by atoms with Crippen LogP contribution in [0.15, 0.2) is 42.0 Å². The number of likely N-dealkylation sites (N-methyl/N-ethyl adjacent to an activating group) is 1. The van der Waals surface area contributed by atoms with Gasteiger partial charge in [0.05, 0.1) is 18.3 Å². The lowest BCUT2D eigenvalue weighted by atomic mass is 9.89. The number of piperidine rings is 1. The van der Waals surface area contributed by atoms with Crippen molar-refractivity contribution >= 4 is 35.7 Å². The highest BCUT2D eigenvalue weighted by Gasteiger charge is 2.35. The van der Waals surface area contributed by atoms with E-state index in [2.05, 4.69) is 28.2 Å². The zero-order chi connectivity index (χ0) is 25.8. The number of amides is 2. The largest absolute Gasteiger partial charge is 0.485 e. The molecule has 0 aromatic carbocycles.